The molecule has 0 saturated carbocycles. The van der Waals surface area contributed by atoms with Crippen LogP contribution < -0.4 is 15.7 Å². The molecule has 86 valence electrons. The highest BCUT2D eigenvalue weighted by atomic mass is 31.2. The molecule has 1 saturated heterocycles. The average molecular weight is 225 g/mol. The van der Waals surface area contributed by atoms with E-state index in [1.54, 1.807) is 13.8 Å². The van der Waals surface area contributed by atoms with Crippen molar-refractivity contribution < 1.29 is 14.8 Å². The fourth-order valence-corrected chi connectivity index (χ4v) is 1.55. The van der Waals surface area contributed by atoms with E-state index in [1.165, 1.54) is 0 Å². The lowest BCUT2D eigenvalue weighted by Gasteiger charge is -2.16. The molecule has 6 nitrogen and oxygen atoms in total. The summed E-state index contributed by atoms with van der Waals surface area (Å²) >= 11 is 0. The molecule has 0 aliphatic carbocycles. The Morgan fingerprint density at radius 3 is 1.71 bits per heavy atom. The van der Waals surface area contributed by atoms with Crippen molar-refractivity contribution in [2.75, 3.05) is 26.3 Å². The zero-order valence-corrected chi connectivity index (χ0v) is 9.55. The number of hydrogen-bond donors (Lipinski definition) is 5. The van der Waals surface area contributed by atoms with E-state index in [4.69, 9.17) is 15.7 Å². The van der Waals surface area contributed by atoms with E-state index >= 15 is 0 Å². The highest BCUT2D eigenvalue weighted by Gasteiger charge is 2.18. The summed E-state index contributed by atoms with van der Waals surface area (Å²) in [5, 5.41) is 22.1. The molecule has 0 amide bonds. The highest BCUT2D eigenvalue weighted by molar-refractivity contribution is 7.57. The summed E-state index contributed by atoms with van der Waals surface area (Å²) in [6.07, 6.45) is 0. The van der Waals surface area contributed by atoms with Crippen molar-refractivity contribution in [3.63, 3.8) is 0 Å². The van der Waals surface area contributed by atoms with Gasteiger partial charge in [0.1, 0.15) is 0 Å². The average Bonchev–Trinajstić information content (AvgIpc) is 2.51. The van der Waals surface area contributed by atoms with Gasteiger partial charge in [-0.25, -0.2) is 10.2 Å². The molecule has 1 aliphatic rings. The second-order valence-electron chi connectivity index (χ2n) is 3.95. The van der Waals surface area contributed by atoms with Crippen molar-refractivity contribution in [1.82, 2.24) is 10.2 Å². The minimum absolute atomic E-state index is 0.0451. The summed E-state index contributed by atoms with van der Waals surface area (Å²) in [5.74, 6) is 0. The zero-order chi connectivity index (χ0) is 11.2. The molecule has 6 N–H and O–H groups in total. The molecule has 0 spiro atoms. The maximum atomic E-state index is 10.6. The fraction of sp³-hybridized carbons (Fsp3) is 1.00. The molecule has 1 heterocycles. The van der Waals surface area contributed by atoms with Gasteiger partial charge in [0.15, 0.2) is 0 Å². The van der Waals surface area contributed by atoms with Crippen molar-refractivity contribution in [2.24, 2.45) is 10.9 Å². The van der Waals surface area contributed by atoms with Crippen LogP contribution in [0.5, 0.6) is 0 Å². The normalized spacial score (nSPS) is 20.1. The van der Waals surface area contributed by atoms with Crippen LogP contribution in [0.4, 0.5) is 0 Å². The number of hydrogen-bond acceptors (Lipinski definition) is 3. The number of rotatable bonds is 2. The molecular weight excluding hydrogens is 205 g/mol. The lowest BCUT2D eigenvalue weighted by molar-refractivity contribution is 0.0857. The minimum Gasteiger partial charge on any atom is -0.396 e. The zero-order valence-electron chi connectivity index (χ0n) is 8.66. The van der Waals surface area contributed by atoms with Crippen molar-refractivity contribution >= 4 is 7.59 Å². The summed E-state index contributed by atoms with van der Waals surface area (Å²) in [6.45, 7) is 5.12. The van der Waals surface area contributed by atoms with Crippen molar-refractivity contribution in [3.8, 4) is 0 Å². The standard InChI is InChI=1S/C5H12O2.C2H8N3OP/c1-5(2,3-6)4-7;3-7(6)4-1-2-5-7/h6-7H,3-4H2,1-2H3;1-2H2,(H4,3,4,5,6). The maximum absolute atomic E-state index is 10.6. The van der Waals surface area contributed by atoms with Crippen LogP contribution in [0.15, 0.2) is 0 Å². The van der Waals surface area contributed by atoms with E-state index in [-0.39, 0.29) is 18.6 Å². The first-order valence-electron chi connectivity index (χ1n) is 4.43. The predicted molar refractivity (Wildman–Crippen MR) is 55.8 cm³/mol. The SMILES string of the molecule is CC(C)(CO)CO.NP1(=O)NCCN1. The van der Waals surface area contributed by atoms with Crippen LogP contribution in [-0.2, 0) is 4.57 Å². The number of nitrogens with two attached hydrogens (primary N) is 1. The molecule has 1 fully saturated rings. The van der Waals surface area contributed by atoms with Crippen LogP contribution in [0.25, 0.3) is 0 Å². The summed E-state index contributed by atoms with van der Waals surface area (Å²) in [7, 11) is -2.54. The van der Waals surface area contributed by atoms with Crippen LogP contribution in [0.2, 0.25) is 0 Å². The number of nitrogens with one attached hydrogen (secondary N) is 2. The van der Waals surface area contributed by atoms with Crippen molar-refractivity contribution in [1.29, 1.82) is 0 Å². The lowest BCUT2D eigenvalue weighted by Crippen LogP contribution is -2.20. The second-order valence-corrected chi connectivity index (χ2v) is 5.90. The Kier molecular flexibility index (Phi) is 5.81. The minimum atomic E-state index is -2.54. The van der Waals surface area contributed by atoms with E-state index < -0.39 is 7.59 Å². The van der Waals surface area contributed by atoms with Gasteiger partial charge in [0, 0.05) is 18.5 Å². The molecular formula is C7H20N3O3P. The molecule has 0 aromatic carbocycles. The fourth-order valence-electron chi connectivity index (χ4n) is 0.550. The Hall–Kier alpha value is 0.0300. The number of aliphatic hydroxyl groups is 2. The van der Waals surface area contributed by atoms with E-state index in [0.29, 0.717) is 13.1 Å². The van der Waals surface area contributed by atoms with Gasteiger partial charge in [-0.1, -0.05) is 13.8 Å². The third-order valence-electron chi connectivity index (χ3n) is 1.67. The summed E-state index contributed by atoms with van der Waals surface area (Å²) in [6, 6.07) is 0. The molecule has 0 radical (unpaired) electrons. The molecule has 0 bridgehead atoms. The highest BCUT2D eigenvalue weighted by Crippen LogP contribution is 2.26. The summed E-state index contributed by atoms with van der Waals surface area (Å²) < 4.78 is 10.6. The Balaban J connectivity index is 0.000000241. The predicted octanol–water partition coefficient (Wildman–Crippen LogP) is -0.757. The van der Waals surface area contributed by atoms with Gasteiger partial charge in [-0.05, 0) is 0 Å². The van der Waals surface area contributed by atoms with Gasteiger partial charge in [0.2, 0.25) is 0 Å². The van der Waals surface area contributed by atoms with Gasteiger partial charge in [0.05, 0.1) is 13.2 Å². The third kappa shape index (κ3) is 6.48. The Morgan fingerprint density at radius 1 is 1.29 bits per heavy atom. The monoisotopic (exact) mass is 225 g/mol. The van der Waals surface area contributed by atoms with Gasteiger partial charge in [0.25, 0.3) is 7.59 Å². The van der Waals surface area contributed by atoms with Gasteiger partial charge >= 0.3 is 0 Å². The Labute approximate surface area is 84.4 Å². The lowest BCUT2D eigenvalue weighted by atomic mass is 9.97. The Bertz CT molecular complexity index is 194. The van der Waals surface area contributed by atoms with Crippen LogP contribution in [0, 0.1) is 5.41 Å². The van der Waals surface area contributed by atoms with E-state index in [1.807, 2.05) is 0 Å². The molecule has 1 rings (SSSR count). The van der Waals surface area contributed by atoms with Gasteiger partial charge in [-0.15, -0.1) is 0 Å². The third-order valence-corrected chi connectivity index (χ3v) is 3.06. The first kappa shape index (κ1) is 14.0. The molecule has 14 heavy (non-hydrogen) atoms. The first-order chi connectivity index (χ1) is 6.33. The van der Waals surface area contributed by atoms with Crippen molar-refractivity contribution in [3.05, 3.63) is 0 Å². The molecule has 7 heteroatoms. The second kappa shape index (κ2) is 5.80. The smallest absolute Gasteiger partial charge is 0.276 e. The van der Waals surface area contributed by atoms with Gasteiger partial charge in [-0.3, -0.25) is 10.1 Å². The Morgan fingerprint density at radius 2 is 1.64 bits per heavy atom. The van der Waals surface area contributed by atoms with Gasteiger partial charge in [-0.2, -0.15) is 0 Å². The van der Waals surface area contributed by atoms with Crippen LogP contribution in [0.3, 0.4) is 0 Å². The summed E-state index contributed by atoms with van der Waals surface area (Å²) in [5.41, 5.74) is 4.81. The molecule has 0 aromatic rings. The molecule has 0 unspecified atom stereocenters. The topological polar surface area (TPSA) is 108 Å². The van der Waals surface area contributed by atoms with Gasteiger partial charge < -0.3 is 10.2 Å². The van der Waals surface area contributed by atoms with Crippen LogP contribution >= 0.6 is 7.59 Å². The molecule has 0 atom stereocenters. The van der Waals surface area contributed by atoms with Crippen LogP contribution in [0.1, 0.15) is 13.8 Å². The van der Waals surface area contributed by atoms with Crippen LogP contribution in [-0.4, -0.2) is 36.5 Å². The van der Waals surface area contributed by atoms with E-state index in [9.17, 15) is 4.57 Å². The molecule has 0 aromatic heterocycles. The quantitative estimate of drug-likeness (QED) is 0.395. The maximum Gasteiger partial charge on any atom is 0.276 e. The first-order valence-corrected chi connectivity index (χ1v) is 6.21. The number of aliphatic hydroxyl groups excluding tert-OH is 2. The van der Waals surface area contributed by atoms with E-state index in [2.05, 4.69) is 10.2 Å². The molecule has 1 aliphatic heterocycles. The largest absolute Gasteiger partial charge is 0.396 e. The summed E-state index contributed by atoms with van der Waals surface area (Å²) in [4.78, 5) is 0. The van der Waals surface area contributed by atoms with Crippen molar-refractivity contribution in [2.45, 2.75) is 13.8 Å². The van der Waals surface area contributed by atoms with E-state index in [0.717, 1.165) is 0 Å².